The van der Waals surface area contributed by atoms with Gasteiger partial charge in [-0.15, -0.1) is 11.8 Å². The molecular formula is C6H12O2S2. The molecule has 0 aromatic rings. The maximum atomic E-state index is 11.3. The van der Waals surface area contributed by atoms with Gasteiger partial charge in [0.25, 0.3) is 0 Å². The molecule has 1 aliphatic heterocycles. The van der Waals surface area contributed by atoms with Crippen LogP contribution >= 0.6 is 11.8 Å². The molecule has 1 aliphatic rings. The Morgan fingerprint density at radius 1 is 1.80 bits per heavy atom. The summed E-state index contributed by atoms with van der Waals surface area (Å²) in [5.74, 6) is 1.64. The molecule has 0 aliphatic carbocycles. The summed E-state index contributed by atoms with van der Waals surface area (Å²) in [6.07, 6.45) is -0.471. The van der Waals surface area contributed by atoms with E-state index in [0.29, 0.717) is 0 Å². The first kappa shape index (κ1) is 8.56. The fourth-order valence-electron chi connectivity index (χ4n) is 0.899. The Hall–Kier alpha value is 0.460. The van der Waals surface area contributed by atoms with Crippen LogP contribution in [0.5, 0.6) is 0 Å². The van der Waals surface area contributed by atoms with E-state index in [1.807, 2.05) is 6.92 Å². The average Bonchev–Trinajstić information content (AvgIpc) is 2.15. The van der Waals surface area contributed by atoms with Crippen LogP contribution in [-0.4, -0.2) is 31.0 Å². The highest BCUT2D eigenvalue weighted by Gasteiger charge is 2.41. The molecule has 3 atom stereocenters. The number of hydrogen-bond donors (Lipinski definition) is 1. The van der Waals surface area contributed by atoms with Gasteiger partial charge in [-0.3, -0.25) is 4.21 Å². The molecule has 10 heavy (non-hydrogen) atoms. The van der Waals surface area contributed by atoms with Crippen molar-refractivity contribution >= 4 is 22.6 Å². The van der Waals surface area contributed by atoms with Crippen molar-refractivity contribution in [3.05, 3.63) is 0 Å². The van der Waals surface area contributed by atoms with Gasteiger partial charge in [0.1, 0.15) is 4.08 Å². The third-order valence-corrected chi connectivity index (χ3v) is 6.18. The third-order valence-electron chi connectivity index (χ3n) is 1.87. The smallest absolute Gasteiger partial charge is 0.114 e. The Kier molecular flexibility index (Phi) is 2.42. The lowest BCUT2D eigenvalue weighted by Crippen LogP contribution is -2.35. The third kappa shape index (κ3) is 1.24. The van der Waals surface area contributed by atoms with Crippen molar-refractivity contribution < 1.29 is 9.32 Å². The van der Waals surface area contributed by atoms with Gasteiger partial charge in [0.2, 0.25) is 0 Å². The molecule has 1 N–H and O–H groups in total. The number of thioether (sulfide) groups is 1. The van der Waals surface area contributed by atoms with Crippen molar-refractivity contribution in [3.63, 3.8) is 0 Å². The summed E-state index contributed by atoms with van der Waals surface area (Å²) in [6, 6.07) is 0. The van der Waals surface area contributed by atoms with E-state index in [2.05, 4.69) is 0 Å². The van der Waals surface area contributed by atoms with Gasteiger partial charge in [0, 0.05) is 22.3 Å². The standard InChI is InChI=1S/C6H12O2S2/c1-5(7)6(2)9-3-4-10(6)8/h5,7H,3-4H2,1-2H3/t5-,6-,10-/m1/s1. The van der Waals surface area contributed by atoms with E-state index in [-0.39, 0.29) is 0 Å². The van der Waals surface area contributed by atoms with Crippen molar-refractivity contribution in [1.29, 1.82) is 0 Å². The molecule has 4 heteroatoms. The summed E-state index contributed by atoms with van der Waals surface area (Å²) >= 11 is 1.61. The van der Waals surface area contributed by atoms with Gasteiger partial charge in [0.15, 0.2) is 0 Å². The van der Waals surface area contributed by atoms with Crippen molar-refractivity contribution in [2.75, 3.05) is 11.5 Å². The van der Waals surface area contributed by atoms with Crippen LogP contribution in [0.1, 0.15) is 13.8 Å². The Morgan fingerprint density at radius 3 is 2.60 bits per heavy atom. The first-order valence-electron chi connectivity index (χ1n) is 3.28. The van der Waals surface area contributed by atoms with Gasteiger partial charge < -0.3 is 5.11 Å². The van der Waals surface area contributed by atoms with E-state index < -0.39 is 21.0 Å². The summed E-state index contributed by atoms with van der Waals surface area (Å²) in [6.45, 7) is 3.57. The highest BCUT2D eigenvalue weighted by Crippen LogP contribution is 2.37. The second-order valence-electron chi connectivity index (χ2n) is 2.59. The topological polar surface area (TPSA) is 37.3 Å². The van der Waals surface area contributed by atoms with E-state index in [9.17, 15) is 9.32 Å². The summed E-state index contributed by atoms with van der Waals surface area (Å²) in [7, 11) is -0.843. The maximum Gasteiger partial charge on any atom is 0.114 e. The minimum atomic E-state index is -0.843. The van der Waals surface area contributed by atoms with Crippen LogP contribution in [-0.2, 0) is 10.8 Å². The van der Waals surface area contributed by atoms with Crippen LogP contribution in [0.25, 0.3) is 0 Å². The normalized spacial score (nSPS) is 43.7. The van der Waals surface area contributed by atoms with Crippen LogP contribution < -0.4 is 0 Å². The number of aliphatic hydroxyl groups excluding tert-OH is 1. The molecule has 0 saturated carbocycles. The quantitative estimate of drug-likeness (QED) is 0.641. The lowest BCUT2D eigenvalue weighted by Gasteiger charge is -2.24. The largest absolute Gasteiger partial charge is 0.391 e. The number of rotatable bonds is 1. The average molecular weight is 180 g/mol. The molecule has 0 aromatic carbocycles. The summed E-state index contributed by atoms with van der Waals surface area (Å²) < 4.78 is 10.9. The number of aliphatic hydroxyl groups is 1. The molecular weight excluding hydrogens is 168 g/mol. The van der Waals surface area contributed by atoms with Crippen LogP contribution in [0.15, 0.2) is 0 Å². The molecule has 0 spiro atoms. The molecule has 0 aromatic heterocycles. The highest BCUT2D eigenvalue weighted by molar-refractivity contribution is 8.15. The number of hydrogen-bond acceptors (Lipinski definition) is 3. The SMILES string of the molecule is C[C@@H](O)[C@]1(C)SCC[S@]1=O. The molecule has 0 radical (unpaired) electrons. The minimum Gasteiger partial charge on any atom is -0.391 e. The van der Waals surface area contributed by atoms with Crippen LogP contribution in [0.2, 0.25) is 0 Å². The van der Waals surface area contributed by atoms with Crippen molar-refractivity contribution in [2.45, 2.75) is 24.0 Å². The summed E-state index contributed by atoms with van der Waals surface area (Å²) in [4.78, 5) is 0. The fraction of sp³-hybridized carbons (Fsp3) is 1.00. The Balaban J connectivity index is 2.75. The van der Waals surface area contributed by atoms with E-state index in [4.69, 9.17) is 0 Å². The van der Waals surface area contributed by atoms with Crippen LogP contribution in [0.3, 0.4) is 0 Å². The zero-order chi connectivity index (χ0) is 7.78. The molecule has 60 valence electrons. The predicted molar refractivity (Wildman–Crippen MR) is 45.6 cm³/mol. The summed E-state index contributed by atoms with van der Waals surface area (Å²) in [5.41, 5.74) is 0. The lowest BCUT2D eigenvalue weighted by molar-refractivity contribution is 0.185. The lowest BCUT2D eigenvalue weighted by atomic mass is 10.3. The van der Waals surface area contributed by atoms with Gasteiger partial charge >= 0.3 is 0 Å². The van der Waals surface area contributed by atoms with Gasteiger partial charge in [-0.2, -0.15) is 0 Å². The monoisotopic (exact) mass is 180 g/mol. The van der Waals surface area contributed by atoms with E-state index in [0.717, 1.165) is 11.5 Å². The molecule has 1 fully saturated rings. The Labute approximate surface area is 67.8 Å². The highest BCUT2D eigenvalue weighted by atomic mass is 32.2. The van der Waals surface area contributed by atoms with Crippen LogP contribution in [0.4, 0.5) is 0 Å². The fourth-order valence-corrected chi connectivity index (χ4v) is 4.30. The van der Waals surface area contributed by atoms with E-state index in [1.54, 1.807) is 18.7 Å². The first-order chi connectivity index (χ1) is 4.57. The van der Waals surface area contributed by atoms with E-state index in [1.165, 1.54) is 0 Å². The van der Waals surface area contributed by atoms with Gasteiger partial charge in [-0.05, 0) is 13.8 Å². The first-order valence-corrected chi connectivity index (χ1v) is 5.58. The maximum absolute atomic E-state index is 11.3. The molecule has 1 rings (SSSR count). The minimum absolute atomic E-state index is 0.403. The molecule has 2 nitrogen and oxygen atoms in total. The molecule has 1 heterocycles. The zero-order valence-electron chi connectivity index (χ0n) is 6.16. The van der Waals surface area contributed by atoms with Crippen molar-refractivity contribution in [3.8, 4) is 0 Å². The Morgan fingerprint density at radius 2 is 2.40 bits per heavy atom. The van der Waals surface area contributed by atoms with Gasteiger partial charge in [-0.1, -0.05) is 0 Å². The van der Waals surface area contributed by atoms with Gasteiger partial charge in [0.05, 0.1) is 6.10 Å². The molecule has 1 saturated heterocycles. The van der Waals surface area contributed by atoms with Crippen molar-refractivity contribution in [2.24, 2.45) is 0 Å². The molecule has 0 amide bonds. The van der Waals surface area contributed by atoms with Crippen LogP contribution in [0, 0.1) is 0 Å². The second kappa shape index (κ2) is 2.83. The zero-order valence-corrected chi connectivity index (χ0v) is 7.80. The Bertz CT molecular complexity index is 158. The van der Waals surface area contributed by atoms with Gasteiger partial charge in [-0.25, -0.2) is 0 Å². The second-order valence-corrected chi connectivity index (χ2v) is 6.34. The molecule has 0 unspecified atom stereocenters. The van der Waals surface area contributed by atoms with Crippen molar-refractivity contribution in [1.82, 2.24) is 0 Å². The summed E-state index contributed by atoms with van der Waals surface area (Å²) in [5, 5.41) is 9.27. The molecule has 0 bridgehead atoms. The van der Waals surface area contributed by atoms with E-state index >= 15 is 0 Å². The predicted octanol–water partition coefficient (Wildman–Crippen LogP) is 0.579.